The summed E-state index contributed by atoms with van der Waals surface area (Å²) in [6.45, 7) is 1.50. The molecule has 0 radical (unpaired) electrons. The van der Waals surface area contributed by atoms with E-state index < -0.39 is 0 Å². The summed E-state index contributed by atoms with van der Waals surface area (Å²) in [6, 6.07) is 6.71. The molecule has 0 aromatic heterocycles. The largest absolute Gasteiger partial charge is 0.696 e. The number of anilines is 1. The molecule has 74 valence electrons. The van der Waals surface area contributed by atoms with E-state index in [0.717, 1.165) is 0 Å². The molecule has 1 aromatic rings. The van der Waals surface area contributed by atoms with Gasteiger partial charge in [-0.15, -0.1) is 5.43 Å². The van der Waals surface area contributed by atoms with Gasteiger partial charge in [-0.3, -0.25) is 4.79 Å². The van der Waals surface area contributed by atoms with Crippen molar-refractivity contribution in [3.8, 4) is 0 Å². The zero-order valence-corrected chi connectivity index (χ0v) is 8.02. The number of carbonyl (C=O) groups excluding carboxylic acids is 1. The van der Waals surface area contributed by atoms with Crippen LogP contribution in [0.3, 0.4) is 0 Å². The first-order valence-corrected chi connectivity index (χ1v) is 4.08. The smallest absolute Gasteiger partial charge is 0.159 e. The molecule has 0 amide bonds. The monoisotopic (exact) mass is 193 g/mol. The summed E-state index contributed by atoms with van der Waals surface area (Å²) in [5, 5.41) is 13.8. The molecule has 1 aromatic carbocycles. The third kappa shape index (κ3) is 2.85. The highest BCUT2D eigenvalue weighted by atomic mass is 16.5. The number of hydroxylamine groups is 1. The Morgan fingerprint density at radius 2 is 2.00 bits per heavy atom. The first-order chi connectivity index (χ1) is 6.59. The molecule has 0 fully saturated rings. The molecule has 0 saturated carbocycles. The molecule has 0 aliphatic heterocycles. The van der Waals surface area contributed by atoms with Crippen LogP contribution in [0.15, 0.2) is 29.5 Å². The maximum atomic E-state index is 10.9. The average molecular weight is 193 g/mol. The number of hydrogen-bond donors (Lipinski definition) is 1. The Morgan fingerprint density at radius 3 is 2.43 bits per heavy atom. The van der Waals surface area contributed by atoms with Gasteiger partial charge in [0, 0.05) is 5.56 Å². The molecule has 0 heterocycles. The molecule has 0 bridgehead atoms. The van der Waals surface area contributed by atoms with Gasteiger partial charge in [0.15, 0.2) is 5.78 Å². The molecule has 0 spiro atoms. The quantitative estimate of drug-likeness (QED) is 0.344. The number of nitrogens with zero attached hydrogens (tertiary/aromatic N) is 2. The normalized spacial score (nSPS) is 11.1. The fourth-order valence-corrected chi connectivity index (χ4v) is 0.908. The van der Waals surface area contributed by atoms with Gasteiger partial charge >= 0.3 is 0 Å². The molecule has 5 nitrogen and oxygen atoms in total. The summed E-state index contributed by atoms with van der Waals surface area (Å²) >= 11 is 0. The van der Waals surface area contributed by atoms with Gasteiger partial charge in [-0.2, -0.15) is 4.86 Å². The second-order valence-electron chi connectivity index (χ2n) is 2.81. The Morgan fingerprint density at radius 1 is 1.43 bits per heavy atom. The molecule has 14 heavy (non-hydrogen) atoms. The maximum absolute atomic E-state index is 10.9. The molecule has 0 atom stereocenters. The van der Waals surface area contributed by atoms with Crippen LogP contribution in [0.5, 0.6) is 0 Å². The van der Waals surface area contributed by atoms with Gasteiger partial charge in [-0.05, 0) is 31.2 Å². The lowest BCUT2D eigenvalue weighted by molar-refractivity contribution is -0.497. The zero-order chi connectivity index (χ0) is 10.6. The Balaban J connectivity index is 2.74. The number of Topliss-reactive ketones (excluding diaryl/α,β-unsaturated/α-hetero) is 1. The minimum atomic E-state index is 0.00873. The highest BCUT2D eigenvalue weighted by molar-refractivity contribution is 5.94. The van der Waals surface area contributed by atoms with Crippen LogP contribution in [0.2, 0.25) is 0 Å². The second kappa shape index (κ2) is 4.36. The van der Waals surface area contributed by atoms with E-state index in [1.165, 1.54) is 14.0 Å². The molecule has 0 saturated heterocycles. The summed E-state index contributed by atoms with van der Waals surface area (Å²) in [7, 11) is 1.27. The van der Waals surface area contributed by atoms with Gasteiger partial charge in [0.25, 0.3) is 0 Å². The molecule has 1 N–H and O–H groups in total. The van der Waals surface area contributed by atoms with E-state index in [9.17, 15) is 10.0 Å². The Bertz CT molecular complexity index is 353. The summed E-state index contributed by atoms with van der Waals surface area (Å²) < 4.78 is 0. The van der Waals surface area contributed by atoms with Crippen molar-refractivity contribution < 1.29 is 9.66 Å². The zero-order valence-electron chi connectivity index (χ0n) is 8.02. The summed E-state index contributed by atoms with van der Waals surface area (Å²) in [5.41, 5.74) is 3.83. The van der Waals surface area contributed by atoms with Gasteiger partial charge in [-0.1, -0.05) is 0 Å². The Kier molecular flexibility index (Phi) is 3.17. The van der Waals surface area contributed by atoms with Crippen LogP contribution < -0.4 is 5.43 Å². The lowest BCUT2D eigenvalue weighted by atomic mass is 10.1. The van der Waals surface area contributed by atoms with Crippen molar-refractivity contribution in [3.63, 3.8) is 0 Å². The molecular formula is C9H11N3O2. The fraction of sp³-hybridized carbons (Fsp3) is 0.222. The predicted molar refractivity (Wildman–Crippen MR) is 52.0 cm³/mol. The SMILES string of the molecule is CC(=O)c1ccc(N/N=[N+](/C)[O-])cc1. The van der Waals surface area contributed by atoms with E-state index in [4.69, 9.17) is 0 Å². The first-order valence-electron chi connectivity index (χ1n) is 4.08. The van der Waals surface area contributed by atoms with Crippen molar-refractivity contribution in [2.75, 3.05) is 12.5 Å². The maximum Gasteiger partial charge on any atom is 0.159 e. The van der Waals surface area contributed by atoms with E-state index in [2.05, 4.69) is 10.6 Å². The number of ketones is 1. The topological polar surface area (TPSA) is 67.5 Å². The third-order valence-electron chi connectivity index (χ3n) is 1.61. The van der Waals surface area contributed by atoms with Gasteiger partial charge in [0.2, 0.25) is 0 Å². The van der Waals surface area contributed by atoms with Crippen LogP contribution in [-0.4, -0.2) is 17.7 Å². The van der Waals surface area contributed by atoms with Crippen molar-refractivity contribution in [3.05, 3.63) is 35.0 Å². The number of hydrogen-bond acceptors (Lipinski definition) is 3. The number of benzene rings is 1. The second-order valence-corrected chi connectivity index (χ2v) is 2.81. The van der Waals surface area contributed by atoms with Crippen molar-refractivity contribution in [1.82, 2.24) is 0 Å². The minimum Gasteiger partial charge on any atom is -0.696 e. The molecule has 1 rings (SSSR count). The summed E-state index contributed by atoms with van der Waals surface area (Å²) in [6.07, 6.45) is 0. The van der Waals surface area contributed by atoms with Crippen molar-refractivity contribution in [2.24, 2.45) is 5.22 Å². The minimum absolute atomic E-state index is 0.00873. The lowest BCUT2D eigenvalue weighted by Crippen LogP contribution is -1.97. The standard InChI is InChI=1S/C9H11N3O2/c1-7(13)8-3-5-9(6-4-8)10-11-12(2)14/h3-6,10H,1-2H3/b12-11-. The summed E-state index contributed by atoms with van der Waals surface area (Å²) in [5.74, 6) is 0.00873. The molecule has 0 aliphatic carbocycles. The molecule has 0 unspecified atom stereocenters. The van der Waals surface area contributed by atoms with E-state index in [1.807, 2.05) is 0 Å². The van der Waals surface area contributed by atoms with Crippen LogP contribution in [-0.2, 0) is 0 Å². The van der Waals surface area contributed by atoms with Crippen molar-refractivity contribution in [2.45, 2.75) is 6.92 Å². The van der Waals surface area contributed by atoms with Crippen molar-refractivity contribution >= 4 is 11.5 Å². The number of nitrogens with one attached hydrogen (secondary N) is 1. The highest BCUT2D eigenvalue weighted by Gasteiger charge is 2.00. The molecule has 0 aliphatic rings. The van der Waals surface area contributed by atoms with E-state index in [1.54, 1.807) is 24.3 Å². The predicted octanol–water partition coefficient (Wildman–Crippen LogP) is 1.81. The van der Waals surface area contributed by atoms with E-state index in [-0.39, 0.29) is 5.78 Å². The van der Waals surface area contributed by atoms with Gasteiger partial charge in [0.1, 0.15) is 12.7 Å². The van der Waals surface area contributed by atoms with E-state index >= 15 is 0 Å². The van der Waals surface area contributed by atoms with Crippen LogP contribution >= 0.6 is 0 Å². The van der Waals surface area contributed by atoms with Crippen LogP contribution in [0.1, 0.15) is 17.3 Å². The average Bonchev–Trinajstić information content (AvgIpc) is 2.15. The summed E-state index contributed by atoms with van der Waals surface area (Å²) in [4.78, 5) is 11.3. The molecular weight excluding hydrogens is 182 g/mol. The van der Waals surface area contributed by atoms with E-state index in [0.29, 0.717) is 16.1 Å². The number of rotatable bonds is 3. The Hall–Kier alpha value is -1.91. The van der Waals surface area contributed by atoms with Crippen LogP contribution in [0.25, 0.3) is 0 Å². The first kappa shape index (κ1) is 10.2. The third-order valence-corrected chi connectivity index (χ3v) is 1.61. The van der Waals surface area contributed by atoms with Crippen molar-refractivity contribution in [1.29, 1.82) is 0 Å². The van der Waals surface area contributed by atoms with Gasteiger partial charge in [-0.25, -0.2) is 0 Å². The van der Waals surface area contributed by atoms with Crippen LogP contribution in [0, 0.1) is 5.21 Å². The lowest BCUT2D eigenvalue weighted by Gasteiger charge is -1.98. The van der Waals surface area contributed by atoms with Gasteiger partial charge < -0.3 is 5.21 Å². The molecule has 5 heteroatoms. The fourth-order valence-electron chi connectivity index (χ4n) is 0.908. The van der Waals surface area contributed by atoms with Crippen LogP contribution in [0.4, 0.5) is 5.69 Å². The number of carbonyl (C=O) groups is 1. The Labute approximate surface area is 81.6 Å². The highest BCUT2D eigenvalue weighted by Crippen LogP contribution is 2.09. The van der Waals surface area contributed by atoms with Gasteiger partial charge in [0.05, 0.1) is 5.22 Å².